The Morgan fingerprint density at radius 2 is 1.31 bits per heavy atom. The molecule has 1 unspecified atom stereocenters. The summed E-state index contributed by atoms with van der Waals surface area (Å²) in [7, 11) is 0. The van der Waals surface area contributed by atoms with Gasteiger partial charge in [0, 0.05) is 17.8 Å². The molecule has 0 saturated heterocycles. The third-order valence-electron chi connectivity index (χ3n) is 3.86. The van der Waals surface area contributed by atoms with Crippen molar-refractivity contribution >= 4 is 17.9 Å². The number of aliphatic hydroxyl groups is 1. The SMILES string of the molecule is CCC(CC)(C(=O)[O-])C(O)(CC(=O)[O-])C(=O)[O-].CCC[O][Zr+3][O]CCC. The van der Waals surface area contributed by atoms with E-state index >= 15 is 0 Å². The third kappa shape index (κ3) is 8.24. The van der Waals surface area contributed by atoms with E-state index in [1.807, 2.05) is 0 Å². The second kappa shape index (κ2) is 14.3. The molecule has 1 atom stereocenters. The van der Waals surface area contributed by atoms with E-state index < -0.39 is 59.5 Å². The predicted octanol–water partition coefficient (Wildman–Crippen LogP) is -2.08. The Labute approximate surface area is 166 Å². The fourth-order valence-corrected chi connectivity index (χ4v) is 3.89. The average Bonchev–Trinajstić information content (AvgIpc) is 2.56. The fourth-order valence-electron chi connectivity index (χ4n) is 2.27. The molecule has 1 N–H and O–H groups in total. The summed E-state index contributed by atoms with van der Waals surface area (Å²) < 4.78 is 10.5. The zero-order valence-electron chi connectivity index (χ0n) is 15.7. The van der Waals surface area contributed by atoms with Crippen molar-refractivity contribution in [2.24, 2.45) is 5.41 Å². The van der Waals surface area contributed by atoms with Crippen LogP contribution in [-0.2, 0) is 44.1 Å². The molecule has 0 bridgehead atoms. The number of aliphatic carboxylic acids is 3. The second-order valence-corrected chi connectivity index (χ2v) is 7.38. The molecule has 9 nitrogen and oxygen atoms in total. The maximum atomic E-state index is 11.0. The molecular formula is C16H27O9Zr. The first kappa shape index (κ1) is 27.4. The van der Waals surface area contributed by atoms with Crippen molar-refractivity contribution < 1.29 is 64.6 Å². The van der Waals surface area contributed by atoms with Gasteiger partial charge >= 0.3 is 69.6 Å². The number of hydrogen-bond acceptors (Lipinski definition) is 9. The van der Waals surface area contributed by atoms with Gasteiger partial charge in [-0.25, -0.2) is 0 Å². The van der Waals surface area contributed by atoms with E-state index in [2.05, 4.69) is 13.8 Å². The van der Waals surface area contributed by atoms with Crippen molar-refractivity contribution in [3.63, 3.8) is 0 Å². The maximum absolute atomic E-state index is 11.0. The van der Waals surface area contributed by atoms with Gasteiger partial charge in [0.1, 0.15) is 5.60 Å². The van der Waals surface area contributed by atoms with Gasteiger partial charge in [-0.1, -0.05) is 13.8 Å². The molecule has 0 aliphatic rings. The number of hydrogen-bond donors (Lipinski definition) is 1. The molecule has 0 fully saturated rings. The van der Waals surface area contributed by atoms with Gasteiger partial charge in [-0.3, -0.25) is 0 Å². The third-order valence-corrected chi connectivity index (χ3v) is 5.44. The number of carboxylic acids is 3. The van der Waals surface area contributed by atoms with Crippen LogP contribution in [0.4, 0.5) is 0 Å². The number of carboxylic acid groups (broad SMARTS) is 3. The topological polar surface area (TPSA) is 159 Å². The summed E-state index contributed by atoms with van der Waals surface area (Å²) in [6.45, 7) is 8.61. The molecule has 0 spiro atoms. The number of carbonyl (C=O) groups is 3. The first-order valence-corrected chi connectivity index (χ1v) is 10.4. The minimum absolute atomic E-state index is 0.316. The van der Waals surface area contributed by atoms with Crippen LogP contribution in [0.3, 0.4) is 0 Å². The molecule has 0 aliphatic heterocycles. The zero-order valence-corrected chi connectivity index (χ0v) is 18.1. The minimum atomic E-state index is -3.06. The molecule has 0 aromatic heterocycles. The van der Waals surface area contributed by atoms with Crippen LogP contribution >= 0.6 is 0 Å². The summed E-state index contributed by atoms with van der Waals surface area (Å²) in [5, 5.41) is 42.2. The summed E-state index contributed by atoms with van der Waals surface area (Å²) in [6.07, 6.45) is 0.213. The molecule has 0 saturated carbocycles. The van der Waals surface area contributed by atoms with Gasteiger partial charge in [0.15, 0.2) is 0 Å². The zero-order chi connectivity index (χ0) is 20.8. The normalized spacial score (nSPS) is 13.0. The van der Waals surface area contributed by atoms with E-state index in [4.69, 9.17) is 5.63 Å². The standard InChI is InChI=1S/C10H16O7.2C3H7O.Zr/c1-3-9(4-2,7(13)14)10(17,8(15)16)5-6(11)12;2*1-2-3-4;/h17H,3-5H2,1-2H3,(H,11,12)(H,13,14)(H,15,16);2*2-3H2,1H3;/q;2*-1;+5/p-3. The van der Waals surface area contributed by atoms with Crippen LogP contribution in [0.5, 0.6) is 0 Å². The molecule has 0 amide bonds. The molecule has 0 aromatic rings. The van der Waals surface area contributed by atoms with Gasteiger partial charge in [0.25, 0.3) is 0 Å². The Bertz CT molecular complexity index is 431. The van der Waals surface area contributed by atoms with Crippen LogP contribution in [0.1, 0.15) is 59.8 Å². The molecule has 0 aromatic carbocycles. The molecule has 0 heterocycles. The van der Waals surface area contributed by atoms with E-state index in [-0.39, 0.29) is 12.8 Å². The van der Waals surface area contributed by atoms with Crippen molar-refractivity contribution in [1.82, 2.24) is 0 Å². The van der Waals surface area contributed by atoms with E-state index in [9.17, 15) is 34.8 Å². The van der Waals surface area contributed by atoms with Gasteiger partial charge in [-0.05, 0) is 12.8 Å². The van der Waals surface area contributed by atoms with Gasteiger partial charge in [0.2, 0.25) is 0 Å². The van der Waals surface area contributed by atoms with Crippen molar-refractivity contribution in [2.45, 2.75) is 65.4 Å². The molecule has 0 rings (SSSR count). The van der Waals surface area contributed by atoms with Crippen LogP contribution in [0, 0.1) is 5.41 Å². The second-order valence-electron chi connectivity index (χ2n) is 5.55. The summed E-state index contributed by atoms with van der Waals surface area (Å²) in [5.74, 6) is -5.89. The van der Waals surface area contributed by atoms with Crippen LogP contribution < -0.4 is 15.3 Å². The van der Waals surface area contributed by atoms with Gasteiger partial charge in [-0.15, -0.1) is 0 Å². The van der Waals surface area contributed by atoms with E-state index in [0.717, 1.165) is 26.1 Å². The monoisotopic (exact) mass is 453 g/mol. The number of rotatable bonds is 13. The number of carbonyl (C=O) groups excluding carboxylic acids is 3. The first-order chi connectivity index (χ1) is 12.1. The molecule has 26 heavy (non-hydrogen) atoms. The summed E-state index contributed by atoms with van der Waals surface area (Å²) in [5.41, 5.74) is -5.29. The van der Waals surface area contributed by atoms with Crippen LogP contribution in [-0.4, -0.2) is 41.8 Å². The van der Waals surface area contributed by atoms with Gasteiger partial charge < -0.3 is 34.8 Å². The van der Waals surface area contributed by atoms with Crippen LogP contribution in [0.25, 0.3) is 0 Å². The Morgan fingerprint density at radius 3 is 1.54 bits per heavy atom. The molecule has 10 heteroatoms. The Kier molecular flexibility index (Phi) is 15.0. The van der Waals surface area contributed by atoms with E-state index in [0.29, 0.717) is 0 Å². The van der Waals surface area contributed by atoms with Crippen molar-refractivity contribution in [3.8, 4) is 0 Å². The summed E-state index contributed by atoms with van der Waals surface area (Å²) in [4.78, 5) is 32.4. The van der Waals surface area contributed by atoms with Crippen LogP contribution in [0.15, 0.2) is 0 Å². The van der Waals surface area contributed by atoms with Crippen molar-refractivity contribution in [3.05, 3.63) is 0 Å². The fraction of sp³-hybridized carbons (Fsp3) is 0.812. The van der Waals surface area contributed by atoms with E-state index in [1.54, 1.807) is 0 Å². The summed E-state index contributed by atoms with van der Waals surface area (Å²) in [6, 6.07) is 0. The Hall–Kier alpha value is -0.827. The Balaban J connectivity index is 0. The first-order valence-electron chi connectivity index (χ1n) is 8.43. The molecule has 0 aliphatic carbocycles. The van der Waals surface area contributed by atoms with Crippen LogP contribution in [0.2, 0.25) is 0 Å². The quantitative estimate of drug-likeness (QED) is 0.308. The molecule has 149 valence electrons. The predicted molar refractivity (Wildman–Crippen MR) is 80.1 cm³/mol. The average molecular weight is 455 g/mol. The van der Waals surface area contributed by atoms with E-state index in [1.165, 1.54) is 13.8 Å². The molecule has 0 radical (unpaired) electrons. The van der Waals surface area contributed by atoms with Crippen molar-refractivity contribution in [1.29, 1.82) is 0 Å². The molecular weight excluding hydrogens is 427 g/mol. The summed E-state index contributed by atoms with van der Waals surface area (Å²) >= 11 is -0.851. The van der Waals surface area contributed by atoms with Gasteiger partial charge in [-0.2, -0.15) is 0 Å². The van der Waals surface area contributed by atoms with Crippen molar-refractivity contribution in [2.75, 3.05) is 13.2 Å². The van der Waals surface area contributed by atoms with Gasteiger partial charge in [0.05, 0.1) is 11.9 Å². The Morgan fingerprint density at radius 1 is 0.885 bits per heavy atom.